The van der Waals surface area contributed by atoms with Crippen molar-refractivity contribution >= 4 is 6.03 Å². The Balaban J connectivity index is 1.81. The highest BCUT2D eigenvalue weighted by molar-refractivity contribution is 5.73. The summed E-state index contributed by atoms with van der Waals surface area (Å²) in [6.45, 7) is 0.0219. The van der Waals surface area contributed by atoms with Crippen molar-refractivity contribution in [2.75, 3.05) is 26.7 Å². The van der Waals surface area contributed by atoms with Crippen molar-refractivity contribution in [2.45, 2.75) is 12.6 Å². The minimum absolute atomic E-state index is 0.193. The van der Waals surface area contributed by atoms with Crippen molar-refractivity contribution in [3.8, 4) is 16.9 Å². The molecule has 4 nitrogen and oxygen atoms in total. The number of urea groups is 1. The van der Waals surface area contributed by atoms with E-state index in [2.05, 4.69) is 5.32 Å². The minimum atomic E-state index is -4.28. The average Bonchev–Trinajstić information content (AvgIpc) is 2.63. The summed E-state index contributed by atoms with van der Waals surface area (Å²) in [7, 11) is 1.33. The predicted octanol–water partition coefficient (Wildman–Crippen LogP) is 4.33. The molecule has 0 aliphatic rings. The predicted molar refractivity (Wildman–Crippen MR) is 94.1 cm³/mol. The zero-order chi connectivity index (χ0) is 19.0. The number of hydrogen-bond donors (Lipinski definition) is 1. The van der Waals surface area contributed by atoms with Crippen LogP contribution in [0.2, 0.25) is 0 Å². The van der Waals surface area contributed by atoms with Crippen LogP contribution in [0.5, 0.6) is 5.75 Å². The van der Waals surface area contributed by atoms with Crippen LogP contribution in [0.15, 0.2) is 54.6 Å². The van der Waals surface area contributed by atoms with Crippen molar-refractivity contribution < 1.29 is 22.7 Å². The van der Waals surface area contributed by atoms with Crippen molar-refractivity contribution in [1.82, 2.24) is 10.2 Å². The molecule has 2 amide bonds. The van der Waals surface area contributed by atoms with Gasteiger partial charge in [-0.25, -0.2) is 4.79 Å². The number of ether oxygens (including phenoxy) is 1. The quantitative estimate of drug-likeness (QED) is 0.741. The minimum Gasteiger partial charge on any atom is -0.491 e. The molecule has 0 saturated carbocycles. The molecule has 26 heavy (non-hydrogen) atoms. The van der Waals surface area contributed by atoms with E-state index in [-0.39, 0.29) is 19.7 Å². The third-order valence-corrected chi connectivity index (χ3v) is 3.69. The van der Waals surface area contributed by atoms with Gasteiger partial charge in [-0.3, -0.25) is 0 Å². The lowest BCUT2D eigenvalue weighted by Gasteiger charge is -2.19. The van der Waals surface area contributed by atoms with E-state index in [1.807, 2.05) is 54.6 Å². The van der Waals surface area contributed by atoms with E-state index in [1.54, 1.807) is 0 Å². The highest BCUT2D eigenvalue weighted by atomic mass is 19.4. The fourth-order valence-corrected chi connectivity index (χ4v) is 2.30. The maximum atomic E-state index is 12.2. The molecule has 2 aromatic carbocycles. The Morgan fingerprint density at radius 1 is 1.08 bits per heavy atom. The van der Waals surface area contributed by atoms with Crippen LogP contribution in [0.3, 0.4) is 0 Å². The zero-order valence-corrected chi connectivity index (χ0v) is 14.4. The average molecular weight is 366 g/mol. The first-order chi connectivity index (χ1) is 12.4. The van der Waals surface area contributed by atoms with E-state index >= 15 is 0 Å². The van der Waals surface area contributed by atoms with E-state index in [1.165, 1.54) is 7.05 Å². The summed E-state index contributed by atoms with van der Waals surface area (Å²) in [6.07, 6.45) is -5.31. The van der Waals surface area contributed by atoms with Crippen molar-refractivity contribution in [3.05, 3.63) is 54.6 Å². The summed E-state index contributed by atoms with van der Waals surface area (Å²) in [5, 5.41) is 2.54. The molecular weight excluding hydrogens is 345 g/mol. The number of benzene rings is 2. The van der Waals surface area contributed by atoms with Crippen LogP contribution in [-0.4, -0.2) is 43.9 Å². The Bertz CT molecular complexity index is 705. The van der Waals surface area contributed by atoms with Gasteiger partial charge in [-0.2, -0.15) is 13.2 Å². The van der Waals surface area contributed by atoms with Crippen molar-refractivity contribution in [2.24, 2.45) is 0 Å². The zero-order valence-electron chi connectivity index (χ0n) is 14.4. The van der Waals surface area contributed by atoms with Gasteiger partial charge in [-0.05, 0) is 11.6 Å². The molecule has 0 aliphatic carbocycles. The lowest BCUT2D eigenvalue weighted by Crippen LogP contribution is -2.40. The second kappa shape index (κ2) is 9.12. The number of nitrogens with zero attached hydrogens (tertiary/aromatic N) is 1. The second-order valence-corrected chi connectivity index (χ2v) is 5.73. The van der Waals surface area contributed by atoms with Gasteiger partial charge in [0, 0.05) is 19.2 Å². The van der Waals surface area contributed by atoms with E-state index in [9.17, 15) is 18.0 Å². The van der Waals surface area contributed by atoms with Gasteiger partial charge in [0.2, 0.25) is 0 Å². The van der Waals surface area contributed by atoms with Crippen LogP contribution in [0, 0.1) is 0 Å². The molecule has 0 bridgehead atoms. The van der Waals surface area contributed by atoms with E-state index in [0.717, 1.165) is 16.0 Å². The molecule has 140 valence electrons. The van der Waals surface area contributed by atoms with Gasteiger partial charge >= 0.3 is 12.2 Å². The third kappa shape index (κ3) is 6.31. The second-order valence-electron chi connectivity index (χ2n) is 5.73. The SMILES string of the molecule is CN(CCC(F)(F)F)C(=O)NCCOc1ccccc1-c1ccccc1. The van der Waals surface area contributed by atoms with Crippen molar-refractivity contribution in [3.63, 3.8) is 0 Å². The van der Waals surface area contributed by atoms with Gasteiger partial charge in [0.25, 0.3) is 0 Å². The Kier molecular flexibility index (Phi) is 6.89. The molecule has 0 saturated heterocycles. The third-order valence-electron chi connectivity index (χ3n) is 3.69. The van der Waals surface area contributed by atoms with Crippen LogP contribution in [0.1, 0.15) is 6.42 Å². The normalized spacial score (nSPS) is 11.1. The van der Waals surface area contributed by atoms with E-state index in [4.69, 9.17) is 4.74 Å². The lowest BCUT2D eigenvalue weighted by molar-refractivity contribution is -0.136. The number of amides is 2. The molecule has 2 aromatic rings. The summed E-state index contributed by atoms with van der Waals surface area (Å²) in [5.74, 6) is 0.679. The highest BCUT2D eigenvalue weighted by Gasteiger charge is 2.27. The van der Waals surface area contributed by atoms with Crippen LogP contribution in [0.4, 0.5) is 18.0 Å². The van der Waals surface area contributed by atoms with Crippen LogP contribution in [0.25, 0.3) is 11.1 Å². The standard InChI is InChI=1S/C19H21F3N2O2/c1-24(13-11-19(20,21)22)18(25)23-12-14-26-17-10-6-5-9-16(17)15-7-3-2-4-8-15/h2-10H,11-14H2,1H3,(H,23,25). The number of carbonyl (C=O) groups is 1. The number of carbonyl (C=O) groups excluding carboxylic acids is 1. The molecule has 0 unspecified atom stereocenters. The molecule has 7 heteroatoms. The summed E-state index contributed by atoms with van der Waals surface area (Å²) in [6, 6.07) is 16.7. The number of nitrogens with one attached hydrogen (secondary N) is 1. The van der Waals surface area contributed by atoms with Crippen LogP contribution < -0.4 is 10.1 Å². The molecule has 0 heterocycles. The Labute approximate surface area is 150 Å². The van der Waals surface area contributed by atoms with E-state index < -0.39 is 18.6 Å². The van der Waals surface area contributed by atoms with Crippen LogP contribution >= 0.6 is 0 Å². The molecule has 0 spiro atoms. The Morgan fingerprint density at radius 2 is 1.73 bits per heavy atom. The largest absolute Gasteiger partial charge is 0.491 e. The summed E-state index contributed by atoms with van der Waals surface area (Å²) < 4.78 is 42.2. The summed E-state index contributed by atoms with van der Waals surface area (Å²) in [4.78, 5) is 12.8. The number of para-hydroxylation sites is 1. The molecule has 0 aromatic heterocycles. The summed E-state index contributed by atoms with van der Waals surface area (Å²) >= 11 is 0. The lowest BCUT2D eigenvalue weighted by atomic mass is 10.1. The molecule has 0 radical (unpaired) electrons. The molecule has 0 atom stereocenters. The van der Waals surface area contributed by atoms with Crippen LogP contribution in [-0.2, 0) is 0 Å². The van der Waals surface area contributed by atoms with Gasteiger partial charge in [0.05, 0.1) is 13.0 Å². The smallest absolute Gasteiger partial charge is 0.390 e. The van der Waals surface area contributed by atoms with Gasteiger partial charge < -0.3 is 15.0 Å². The maximum Gasteiger partial charge on any atom is 0.390 e. The highest BCUT2D eigenvalue weighted by Crippen LogP contribution is 2.29. The van der Waals surface area contributed by atoms with Gasteiger partial charge in [-0.15, -0.1) is 0 Å². The molecular formula is C19H21F3N2O2. The van der Waals surface area contributed by atoms with E-state index in [0.29, 0.717) is 5.75 Å². The first-order valence-electron chi connectivity index (χ1n) is 8.20. The number of halogens is 3. The number of hydrogen-bond acceptors (Lipinski definition) is 2. The number of alkyl halides is 3. The number of rotatable bonds is 7. The van der Waals surface area contributed by atoms with Gasteiger partial charge in [0.15, 0.2) is 0 Å². The monoisotopic (exact) mass is 366 g/mol. The fraction of sp³-hybridized carbons (Fsp3) is 0.316. The summed E-state index contributed by atoms with van der Waals surface area (Å²) in [5.41, 5.74) is 1.95. The van der Waals surface area contributed by atoms with Crippen molar-refractivity contribution in [1.29, 1.82) is 0 Å². The Hall–Kier alpha value is -2.70. The van der Waals surface area contributed by atoms with Gasteiger partial charge in [0.1, 0.15) is 12.4 Å². The first-order valence-corrected chi connectivity index (χ1v) is 8.20. The molecule has 1 N–H and O–H groups in total. The fourth-order valence-electron chi connectivity index (χ4n) is 2.30. The topological polar surface area (TPSA) is 41.6 Å². The molecule has 2 rings (SSSR count). The maximum absolute atomic E-state index is 12.2. The first kappa shape index (κ1) is 19.6. The Morgan fingerprint density at radius 3 is 2.42 bits per heavy atom. The van der Waals surface area contributed by atoms with Gasteiger partial charge in [-0.1, -0.05) is 48.5 Å². The molecule has 0 fully saturated rings. The molecule has 0 aliphatic heterocycles.